The molecule has 0 aliphatic carbocycles. The van der Waals surface area contributed by atoms with Crippen LogP contribution in [0.4, 0.5) is 11.9 Å². The molecule has 1 saturated heterocycles. The molecular formula is C13H24N6O2. The fraction of sp³-hybridized carbons (Fsp3) is 0.769. The first-order valence-corrected chi connectivity index (χ1v) is 7.38. The van der Waals surface area contributed by atoms with Gasteiger partial charge in [0.2, 0.25) is 11.9 Å². The van der Waals surface area contributed by atoms with Crippen LogP contribution in [-0.4, -0.2) is 46.9 Å². The molecule has 1 aliphatic rings. The van der Waals surface area contributed by atoms with E-state index in [-0.39, 0.29) is 12.1 Å². The largest absolute Gasteiger partial charge is 0.461 e. The van der Waals surface area contributed by atoms with Gasteiger partial charge in [-0.1, -0.05) is 0 Å². The number of rotatable bonds is 6. The number of piperidine rings is 1. The van der Waals surface area contributed by atoms with E-state index in [1.54, 1.807) is 0 Å². The number of hydrogen-bond acceptors (Lipinski definition) is 8. The number of aromatic nitrogens is 3. The van der Waals surface area contributed by atoms with E-state index < -0.39 is 0 Å². The molecule has 0 spiro atoms. The van der Waals surface area contributed by atoms with Crippen molar-refractivity contribution in [2.45, 2.75) is 45.8 Å². The Bertz CT molecular complexity index is 448. The number of nitrogens with one attached hydrogen (secondary N) is 1. The summed E-state index contributed by atoms with van der Waals surface area (Å²) >= 11 is 0. The summed E-state index contributed by atoms with van der Waals surface area (Å²) in [6.07, 6.45) is 2.25. The van der Waals surface area contributed by atoms with Gasteiger partial charge in [0, 0.05) is 19.7 Å². The first-order valence-electron chi connectivity index (χ1n) is 7.38. The summed E-state index contributed by atoms with van der Waals surface area (Å²) in [6, 6.07) is 0.287. The number of nitrogens with zero attached hydrogens (tertiary/aromatic N) is 4. The molecule has 1 aromatic heterocycles. The Balaban J connectivity index is 2.08. The van der Waals surface area contributed by atoms with E-state index >= 15 is 0 Å². The monoisotopic (exact) mass is 296 g/mol. The summed E-state index contributed by atoms with van der Waals surface area (Å²) in [6.45, 7) is 8.32. The quantitative estimate of drug-likeness (QED) is 0.591. The second-order valence-electron chi connectivity index (χ2n) is 5.19. The van der Waals surface area contributed by atoms with E-state index in [1.807, 2.05) is 20.8 Å². The van der Waals surface area contributed by atoms with Crippen LogP contribution in [0, 0.1) is 0 Å². The van der Waals surface area contributed by atoms with Gasteiger partial charge in [-0.25, -0.2) is 5.84 Å². The topological polar surface area (TPSA) is 98.4 Å². The molecule has 0 amide bonds. The molecule has 0 unspecified atom stereocenters. The lowest BCUT2D eigenvalue weighted by Gasteiger charge is -2.31. The van der Waals surface area contributed by atoms with E-state index in [9.17, 15) is 0 Å². The second kappa shape index (κ2) is 7.37. The summed E-state index contributed by atoms with van der Waals surface area (Å²) in [4.78, 5) is 14.9. The van der Waals surface area contributed by atoms with Crippen LogP contribution in [-0.2, 0) is 4.74 Å². The minimum atomic E-state index is -0.00503. The van der Waals surface area contributed by atoms with Crippen LogP contribution in [0.25, 0.3) is 0 Å². The lowest BCUT2D eigenvalue weighted by molar-refractivity contribution is 0.0457. The van der Waals surface area contributed by atoms with Crippen LogP contribution in [0.3, 0.4) is 0 Å². The highest BCUT2D eigenvalue weighted by Gasteiger charge is 2.22. The zero-order chi connectivity index (χ0) is 15.2. The van der Waals surface area contributed by atoms with Gasteiger partial charge in [-0.3, -0.25) is 5.43 Å². The smallest absolute Gasteiger partial charge is 0.323 e. The Kier molecular flexibility index (Phi) is 5.51. The predicted octanol–water partition coefficient (Wildman–Crippen LogP) is 0.950. The van der Waals surface area contributed by atoms with E-state index in [1.165, 1.54) is 0 Å². The standard InChI is InChI=1S/C13H24N6O2/c1-4-20-10-5-7-19(8-6-10)12-15-11(18-14)16-13(17-12)21-9(2)3/h9-10H,4-8,14H2,1-3H3,(H,15,16,17,18). The maximum atomic E-state index is 5.65. The molecule has 118 valence electrons. The predicted molar refractivity (Wildman–Crippen MR) is 80.3 cm³/mol. The molecule has 8 nitrogen and oxygen atoms in total. The van der Waals surface area contributed by atoms with Crippen molar-refractivity contribution < 1.29 is 9.47 Å². The third-order valence-corrected chi connectivity index (χ3v) is 3.20. The number of nitrogen functional groups attached to an aromatic ring is 1. The summed E-state index contributed by atoms with van der Waals surface area (Å²) in [5.41, 5.74) is 2.46. The Morgan fingerprint density at radius 3 is 2.57 bits per heavy atom. The SMILES string of the molecule is CCOC1CCN(c2nc(NN)nc(OC(C)C)n2)CC1. The van der Waals surface area contributed by atoms with Gasteiger partial charge in [-0.05, 0) is 33.6 Å². The molecule has 0 bridgehead atoms. The van der Waals surface area contributed by atoms with E-state index in [0.29, 0.717) is 18.0 Å². The number of anilines is 2. The van der Waals surface area contributed by atoms with Crippen molar-refractivity contribution in [2.75, 3.05) is 30.0 Å². The van der Waals surface area contributed by atoms with Crippen molar-refractivity contribution in [3.8, 4) is 6.01 Å². The first kappa shape index (κ1) is 15.7. The van der Waals surface area contributed by atoms with Crippen molar-refractivity contribution in [1.29, 1.82) is 0 Å². The molecule has 8 heteroatoms. The fourth-order valence-corrected chi connectivity index (χ4v) is 2.27. The highest BCUT2D eigenvalue weighted by molar-refractivity contribution is 5.38. The Hall–Kier alpha value is -1.67. The fourth-order valence-electron chi connectivity index (χ4n) is 2.27. The van der Waals surface area contributed by atoms with Crippen LogP contribution < -0.4 is 20.9 Å². The first-order chi connectivity index (χ1) is 10.1. The third kappa shape index (κ3) is 4.40. The Morgan fingerprint density at radius 1 is 1.29 bits per heavy atom. The summed E-state index contributed by atoms with van der Waals surface area (Å²) in [7, 11) is 0. The van der Waals surface area contributed by atoms with Gasteiger partial charge < -0.3 is 14.4 Å². The van der Waals surface area contributed by atoms with Crippen molar-refractivity contribution in [3.05, 3.63) is 0 Å². The van der Waals surface area contributed by atoms with Gasteiger partial charge in [0.25, 0.3) is 0 Å². The summed E-state index contributed by atoms with van der Waals surface area (Å²) in [5.74, 6) is 6.31. The average Bonchev–Trinajstić information content (AvgIpc) is 2.47. The molecule has 0 radical (unpaired) electrons. The normalized spacial score (nSPS) is 16.3. The molecule has 0 atom stereocenters. The van der Waals surface area contributed by atoms with E-state index in [4.69, 9.17) is 15.3 Å². The molecule has 2 heterocycles. The van der Waals surface area contributed by atoms with E-state index in [0.717, 1.165) is 32.5 Å². The zero-order valence-corrected chi connectivity index (χ0v) is 12.9. The minimum absolute atomic E-state index is 0.00503. The number of hydrogen-bond donors (Lipinski definition) is 2. The summed E-state index contributed by atoms with van der Waals surface area (Å²) < 4.78 is 11.2. The van der Waals surface area contributed by atoms with E-state index in [2.05, 4.69) is 25.3 Å². The van der Waals surface area contributed by atoms with Gasteiger partial charge in [0.05, 0.1) is 12.2 Å². The Morgan fingerprint density at radius 2 is 2.00 bits per heavy atom. The molecule has 21 heavy (non-hydrogen) atoms. The van der Waals surface area contributed by atoms with Crippen LogP contribution in [0.15, 0.2) is 0 Å². The van der Waals surface area contributed by atoms with Gasteiger partial charge in [0.1, 0.15) is 0 Å². The molecule has 1 aromatic rings. The van der Waals surface area contributed by atoms with Crippen LogP contribution in [0.5, 0.6) is 6.01 Å². The van der Waals surface area contributed by atoms with Gasteiger partial charge >= 0.3 is 6.01 Å². The number of hydrazine groups is 1. The van der Waals surface area contributed by atoms with Crippen LogP contribution in [0.2, 0.25) is 0 Å². The Labute approximate surface area is 125 Å². The zero-order valence-electron chi connectivity index (χ0n) is 12.9. The van der Waals surface area contributed by atoms with Crippen molar-refractivity contribution >= 4 is 11.9 Å². The lowest BCUT2D eigenvalue weighted by Crippen LogP contribution is -2.38. The number of ether oxygens (including phenoxy) is 2. The molecule has 2 rings (SSSR count). The van der Waals surface area contributed by atoms with Crippen molar-refractivity contribution in [3.63, 3.8) is 0 Å². The van der Waals surface area contributed by atoms with Crippen molar-refractivity contribution in [2.24, 2.45) is 5.84 Å². The van der Waals surface area contributed by atoms with Crippen molar-refractivity contribution in [1.82, 2.24) is 15.0 Å². The average molecular weight is 296 g/mol. The van der Waals surface area contributed by atoms with Gasteiger partial charge in [0.15, 0.2) is 0 Å². The number of nitrogens with two attached hydrogens (primary N) is 1. The molecule has 0 aromatic carbocycles. The molecule has 1 fully saturated rings. The molecule has 3 N–H and O–H groups in total. The third-order valence-electron chi connectivity index (χ3n) is 3.20. The maximum absolute atomic E-state index is 5.65. The lowest BCUT2D eigenvalue weighted by atomic mass is 10.1. The molecule has 0 saturated carbocycles. The van der Waals surface area contributed by atoms with Crippen LogP contribution in [0.1, 0.15) is 33.6 Å². The minimum Gasteiger partial charge on any atom is -0.461 e. The second-order valence-corrected chi connectivity index (χ2v) is 5.19. The highest BCUT2D eigenvalue weighted by atomic mass is 16.5. The summed E-state index contributed by atoms with van der Waals surface area (Å²) in [5, 5.41) is 0. The highest BCUT2D eigenvalue weighted by Crippen LogP contribution is 2.21. The van der Waals surface area contributed by atoms with Gasteiger partial charge in [-0.15, -0.1) is 0 Å². The maximum Gasteiger partial charge on any atom is 0.323 e. The molecule has 1 aliphatic heterocycles. The van der Waals surface area contributed by atoms with Gasteiger partial charge in [-0.2, -0.15) is 15.0 Å². The molecular weight excluding hydrogens is 272 g/mol. The van der Waals surface area contributed by atoms with Crippen LogP contribution >= 0.6 is 0 Å².